The predicted molar refractivity (Wildman–Crippen MR) is 74.9 cm³/mol. The molecule has 0 saturated carbocycles. The molecule has 5 nitrogen and oxygen atoms in total. The lowest BCUT2D eigenvalue weighted by atomic mass is 9.80. The molecule has 19 heavy (non-hydrogen) atoms. The van der Waals surface area contributed by atoms with Gasteiger partial charge in [0.05, 0.1) is 12.5 Å². The zero-order valence-corrected chi connectivity index (χ0v) is 12.3. The van der Waals surface area contributed by atoms with E-state index in [1.807, 2.05) is 20.8 Å². The van der Waals surface area contributed by atoms with Gasteiger partial charge in [-0.1, -0.05) is 20.8 Å². The van der Waals surface area contributed by atoms with Crippen LogP contribution in [0.1, 0.15) is 40.0 Å². The molecule has 1 saturated heterocycles. The first-order valence-electron chi connectivity index (χ1n) is 7.06. The zero-order chi connectivity index (χ0) is 14.6. The third-order valence-corrected chi connectivity index (χ3v) is 3.84. The minimum Gasteiger partial charge on any atom is -0.481 e. The minimum absolute atomic E-state index is 0.0831. The number of carboxylic acids is 1. The third-order valence-electron chi connectivity index (χ3n) is 3.84. The minimum atomic E-state index is -0.773. The highest BCUT2D eigenvalue weighted by Crippen LogP contribution is 2.28. The molecule has 1 aliphatic rings. The van der Waals surface area contributed by atoms with E-state index in [2.05, 4.69) is 4.90 Å². The molecule has 1 rings (SSSR count). The summed E-state index contributed by atoms with van der Waals surface area (Å²) in [5.41, 5.74) is 5.92. The number of aliphatic hydroxyl groups is 1. The number of piperidine rings is 1. The van der Waals surface area contributed by atoms with Gasteiger partial charge in [-0.25, -0.2) is 0 Å². The number of hydrogen-bond donors (Lipinski definition) is 3. The van der Waals surface area contributed by atoms with Gasteiger partial charge in [0.25, 0.3) is 0 Å². The summed E-state index contributed by atoms with van der Waals surface area (Å²) in [4.78, 5) is 12.7. The van der Waals surface area contributed by atoms with Crippen LogP contribution in [0.15, 0.2) is 0 Å². The number of hydrogen-bond acceptors (Lipinski definition) is 4. The number of nitrogens with two attached hydrogens (primary N) is 1. The van der Waals surface area contributed by atoms with Crippen molar-refractivity contribution in [2.24, 2.45) is 17.1 Å². The molecule has 3 unspecified atom stereocenters. The Hall–Kier alpha value is -0.650. The summed E-state index contributed by atoms with van der Waals surface area (Å²) in [6.45, 7) is 8.24. The summed E-state index contributed by atoms with van der Waals surface area (Å²) in [6, 6.07) is 0.0831. The Balaban J connectivity index is 2.48. The standard InChI is InChI=1S/C14H28N2O3/c1-14(2,3)12(17)7-10-6-11(15)9-16(8-10)5-4-13(18)19/h10-12,17H,4-9,15H2,1-3H3,(H,18,19). The quantitative estimate of drug-likeness (QED) is 0.692. The molecule has 0 radical (unpaired) electrons. The molecule has 0 bridgehead atoms. The molecule has 1 aliphatic heterocycles. The van der Waals surface area contributed by atoms with Gasteiger partial charge in [0.15, 0.2) is 0 Å². The van der Waals surface area contributed by atoms with Crippen LogP contribution in [0.2, 0.25) is 0 Å². The van der Waals surface area contributed by atoms with Crippen LogP contribution in [0.3, 0.4) is 0 Å². The zero-order valence-electron chi connectivity index (χ0n) is 12.3. The highest BCUT2D eigenvalue weighted by molar-refractivity contribution is 5.66. The molecule has 1 fully saturated rings. The summed E-state index contributed by atoms with van der Waals surface area (Å²) in [7, 11) is 0. The first kappa shape index (κ1) is 16.4. The van der Waals surface area contributed by atoms with E-state index >= 15 is 0 Å². The van der Waals surface area contributed by atoms with Crippen molar-refractivity contribution >= 4 is 5.97 Å². The van der Waals surface area contributed by atoms with Crippen molar-refractivity contribution in [3.05, 3.63) is 0 Å². The lowest BCUT2D eigenvalue weighted by molar-refractivity contribution is -0.137. The van der Waals surface area contributed by atoms with Crippen molar-refractivity contribution in [2.45, 2.75) is 52.2 Å². The first-order chi connectivity index (χ1) is 8.68. The van der Waals surface area contributed by atoms with Gasteiger partial charge in [0.2, 0.25) is 0 Å². The number of aliphatic carboxylic acids is 1. The molecule has 0 aromatic carbocycles. The van der Waals surface area contributed by atoms with Gasteiger partial charge in [-0.15, -0.1) is 0 Å². The maximum Gasteiger partial charge on any atom is 0.304 e. The van der Waals surface area contributed by atoms with Crippen LogP contribution in [0, 0.1) is 11.3 Å². The molecular formula is C14H28N2O3. The first-order valence-corrected chi connectivity index (χ1v) is 7.06. The van der Waals surface area contributed by atoms with Crippen LogP contribution >= 0.6 is 0 Å². The van der Waals surface area contributed by atoms with Crippen LogP contribution in [0.4, 0.5) is 0 Å². The Morgan fingerprint density at radius 3 is 2.58 bits per heavy atom. The Bertz CT molecular complexity index is 302. The Labute approximate surface area is 115 Å². The van der Waals surface area contributed by atoms with E-state index in [0.717, 1.165) is 25.9 Å². The predicted octanol–water partition coefficient (Wildman–Crippen LogP) is 0.907. The van der Waals surface area contributed by atoms with E-state index < -0.39 is 5.97 Å². The van der Waals surface area contributed by atoms with Crippen molar-refractivity contribution in [1.82, 2.24) is 4.90 Å². The van der Waals surface area contributed by atoms with Crippen molar-refractivity contribution in [3.8, 4) is 0 Å². The topological polar surface area (TPSA) is 86.8 Å². The summed E-state index contributed by atoms with van der Waals surface area (Å²) < 4.78 is 0. The highest BCUT2D eigenvalue weighted by atomic mass is 16.4. The average molecular weight is 272 g/mol. The normalized spacial score (nSPS) is 27.2. The van der Waals surface area contributed by atoms with Gasteiger partial charge in [-0.2, -0.15) is 0 Å². The second kappa shape index (κ2) is 6.68. The van der Waals surface area contributed by atoms with E-state index in [-0.39, 0.29) is 24.0 Å². The van der Waals surface area contributed by atoms with Crippen LogP contribution in [-0.4, -0.2) is 52.9 Å². The van der Waals surface area contributed by atoms with Crippen LogP contribution < -0.4 is 5.73 Å². The smallest absolute Gasteiger partial charge is 0.304 e. The van der Waals surface area contributed by atoms with E-state index in [9.17, 15) is 9.90 Å². The fourth-order valence-corrected chi connectivity index (χ4v) is 2.62. The SMILES string of the molecule is CC(C)(C)C(O)CC1CC(N)CN(CCC(=O)O)C1. The van der Waals surface area contributed by atoms with Crippen LogP contribution in [0.25, 0.3) is 0 Å². The number of nitrogens with zero attached hydrogens (tertiary/aromatic N) is 1. The van der Waals surface area contributed by atoms with Crippen LogP contribution in [0.5, 0.6) is 0 Å². The molecular weight excluding hydrogens is 244 g/mol. The van der Waals surface area contributed by atoms with E-state index in [1.54, 1.807) is 0 Å². The number of aliphatic hydroxyl groups excluding tert-OH is 1. The van der Waals surface area contributed by atoms with Gasteiger partial charge >= 0.3 is 5.97 Å². The monoisotopic (exact) mass is 272 g/mol. The summed E-state index contributed by atoms with van der Waals surface area (Å²) >= 11 is 0. The largest absolute Gasteiger partial charge is 0.481 e. The molecule has 0 spiro atoms. The second-order valence-corrected chi connectivity index (χ2v) is 6.88. The summed E-state index contributed by atoms with van der Waals surface area (Å²) in [5.74, 6) is -0.419. The fourth-order valence-electron chi connectivity index (χ4n) is 2.62. The number of carboxylic acid groups (broad SMARTS) is 1. The Kier molecular flexibility index (Phi) is 5.77. The maximum atomic E-state index is 10.6. The lowest BCUT2D eigenvalue weighted by Crippen LogP contribution is -2.48. The Morgan fingerprint density at radius 2 is 2.05 bits per heavy atom. The molecule has 5 heteroatoms. The number of carbonyl (C=O) groups is 1. The molecule has 112 valence electrons. The van der Waals surface area contributed by atoms with Gasteiger partial charge in [-0.05, 0) is 24.2 Å². The molecule has 0 aromatic rings. The van der Waals surface area contributed by atoms with Gasteiger partial charge in [0, 0.05) is 25.7 Å². The fraction of sp³-hybridized carbons (Fsp3) is 0.929. The molecule has 0 amide bonds. The van der Waals surface area contributed by atoms with E-state index in [0.29, 0.717) is 12.5 Å². The molecule has 3 atom stereocenters. The summed E-state index contributed by atoms with van der Waals surface area (Å²) in [5, 5.41) is 18.9. The van der Waals surface area contributed by atoms with Crippen molar-refractivity contribution < 1.29 is 15.0 Å². The molecule has 0 aromatic heterocycles. The Morgan fingerprint density at radius 1 is 1.42 bits per heavy atom. The third kappa shape index (κ3) is 5.89. The van der Waals surface area contributed by atoms with Crippen molar-refractivity contribution in [2.75, 3.05) is 19.6 Å². The van der Waals surface area contributed by atoms with Gasteiger partial charge < -0.3 is 20.8 Å². The lowest BCUT2D eigenvalue weighted by Gasteiger charge is -2.38. The molecule has 4 N–H and O–H groups in total. The van der Waals surface area contributed by atoms with Crippen LogP contribution in [-0.2, 0) is 4.79 Å². The van der Waals surface area contributed by atoms with Crippen molar-refractivity contribution in [1.29, 1.82) is 0 Å². The maximum absolute atomic E-state index is 10.6. The second-order valence-electron chi connectivity index (χ2n) is 6.88. The van der Waals surface area contributed by atoms with Gasteiger partial charge in [-0.3, -0.25) is 4.79 Å². The van der Waals surface area contributed by atoms with E-state index in [4.69, 9.17) is 10.8 Å². The average Bonchev–Trinajstić information content (AvgIpc) is 2.24. The summed E-state index contributed by atoms with van der Waals surface area (Å²) in [6.07, 6.45) is 1.46. The highest BCUT2D eigenvalue weighted by Gasteiger charge is 2.30. The number of likely N-dealkylation sites (tertiary alicyclic amines) is 1. The van der Waals surface area contributed by atoms with Gasteiger partial charge in [0.1, 0.15) is 0 Å². The van der Waals surface area contributed by atoms with Crippen molar-refractivity contribution in [3.63, 3.8) is 0 Å². The molecule has 0 aliphatic carbocycles. The van der Waals surface area contributed by atoms with E-state index in [1.165, 1.54) is 0 Å². The molecule has 1 heterocycles. The number of rotatable bonds is 5.